The fourth-order valence-corrected chi connectivity index (χ4v) is 1.14. The lowest BCUT2D eigenvalue weighted by Crippen LogP contribution is -2.11. The van der Waals surface area contributed by atoms with Crippen LogP contribution >= 0.6 is 0 Å². The lowest BCUT2D eigenvalue weighted by atomic mass is 10.1. The van der Waals surface area contributed by atoms with Crippen molar-refractivity contribution >= 4 is 5.69 Å². The van der Waals surface area contributed by atoms with Gasteiger partial charge in [0.05, 0.1) is 0 Å². The molecule has 0 amide bonds. The predicted molar refractivity (Wildman–Crippen MR) is 54.9 cm³/mol. The van der Waals surface area contributed by atoms with Gasteiger partial charge >= 0.3 is 0 Å². The van der Waals surface area contributed by atoms with Crippen LogP contribution in [0, 0.1) is 13.8 Å². The Morgan fingerprint density at radius 3 is 2.54 bits per heavy atom. The fourth-order valence-electron chi connectivity index (χ4n) is 1.14. The normalized spacial score (nSPS) is 10.1. The molecule has 0 bridgehead atoms. The molecule has 0 heterocycles. The molecule has 1 aromatic rings. The lowest BCUT2D eigenvalue weighted by Gasteiger charge is -2.10. The van der Waals surface area contributed by atoms with Gasteiger partial charge < -0.3 is 16.2 Å². The van der Waals surface area contributed by atoms with Gasteiger partial charge in [-0.1, -0.05) is 0 Å². The molecule has 0 radical (unpaired) electrons. The standard InChI is InChI=1S/C10H16N2O/c1-7-6-10(13-4-3-11)8(2)5-9(7)12/h5-6H,3-4,11-12H2,1-2H3. The van der Waals surface area contributed by atoms with Gasteiger partial charge in [-0.05, 0) is 37.1 Å². The Morgan fingerprint density at radius 1 is 1.23 bits per heavy atom. The minimum atomic E-state index is 0.531. The number of nitrogens with two attached hydrogens (primary N) is 2. The van der Waals surface area contributed by atoms with Gasteiger partial charge in [0, 0.05) is 12.2 Å². The first-order valence-electron chi connectivity index (χ1n) is 4.34. The van der Waals surface area contributed by atoms with E-state index in [1.807, 2.05) is 26.0 Å². The Hall–Kier alpha value is -1.22. The second-order valence-electron chi connectivity index (χ2n) is 3.11. The molecule has 0 aliphatic carbocycles. The van der Waals surface area contributed by atoms with Crippen LogP contribution in [-0.4, -0.2) is 13.2 Å². The Bertz CT molecular complexity index is 297. The maximum Gasteiger partial charge on any atom is 0.122 e. The molecule has 0 saturated carbocycles. The van der Waals surface area contributed by atoms with Crippen LogP contribution in [0.15, 0.2) is 12.1 Å². The molecule has 0 aliphatic heterocycles. The average molecular weight is 180 g/mol. The summed E-state index contributed by atoms with van der Waals surface area (Å²) in [5, 5.41) is 0. The number of anilines is 1. The molecule has 72 valence electrons. The zero-order valence-corrected chi connectivity index (χ0v) is 8.13. The smallest absolute Gasteiger partial charge is 0.122 e. The number of aryl methyl sites for hydroxylation is 2. The molecule has 13 heavy (non-hydrogen) atoms. The first-order chi connectivity index (χ1) is 6.15. The fraction of sp³-hybridized carbons (Fsp3) is 0.400. The van der Waals surface area contributed by atoms with Gasteiger partial charge in [0.2, 0.25) is 0 Å². The first kappa shape index (κ1) is 9.86. The van der Waals surface area contributed by atoms with Crippen molar-refractivity contribution in [2.45, 2.75) is 13.8 Å². The minimum absolute atomic E-state index is 0.531. The van der Waals surface area contributed by atoms with Crippen LogP contribution in [0.3, 0.4) is 0 Å². The molecule has 0 spiro atoms. The zero-order chi connectivity index (χ0) is 9.84. The van der Waals surface area contributed by atoms with E-state index in [9.17, 15) is 0 Å². The number of ether oxygens (including phenoxy) is 1. The minimum Gasteiger partial charge on any atom is -0.492 e. The summed E-state index contributed by atoms with van der Waals surface area (Å²) in [6, 6.07) is 3.86. The summed E-state index contributed by atoms with van der Waals surface area (Å²) in [6.07, 6.45) is 0. The summed E-state index contributed by atoms with van der Waals surface area (Å²) in [7, 11) is 0. The third kappa shape index (κ3) is 2.36. The molecule has 0 atom stereocenters. The van der Waals surface area contributed by atoms with Gasteiger partial charge in [-0.3, -0.25) is 0 Å². The van der Waals surface area contributed by atoms with Crippen LogP contribution in [0.25, 0.3) is 0 Å². The van der Waals surface area contributed by atoms with E-state index in [1.165, 1.54) is 0 Å². The molecule has 0 saturated heterocycles. The Balaban J connectivity index is 2.88. The highest BCUT2D eigenvalue weighted by atomic mass is 16.5. The van der Waals surface area contributed by atoms with Gasteiger partial charge in [-0.25, -0.2) is 0 Å². The molecule has 1 aromatic carbocycles. The lowest BCUT2D eigenvalue weighted by molar-refractivity contribution is 0.326. The third-order valence-electron chi connectivity index (χ3n) is 1.94. The van der Waals surface area contributed by atoms with E-state index in [1.54, 1.807) is 0 Å². The Morgan fingerprint density at radius 2 is 1.92 bits per heavy atom. The van der Waals surface area contributed by atoms with Crippen molar-refractivity contribution in [3.05, 3.63) is 23.3 Å². The zero-order valence-electron chi connectivity index (χ0n) is 8.13. The average Bonchev–Trinajstić information content (AvgIpc) is 2.09. The largest absolute Gasteiger partial charge is 0.492 e. The summed E-state index contributed by atoms with van der Waals surface area (Å²) >= 11 is 0. The molecule has 3 nitrogen and oxygen atoms in total. The topological polar surface area (TPSA) is 61.3 Å². The van der Waals surface area contributed by atoms with Gasteiger partial charge in [-0.15, -0.1) is 0 Å². The molecule has 0 aliphatic rings. The highest BCUT2D eigenvalue weighted by Gasteiger charge is 2.02. The van der Waals surface area contributed by atoms with E-state index in [4.69, 9.17) is 16.2 Å². The van der Waals surface area contributed by atoms with Crippen LogP contribution in [0.4, 0.5) is 5.69 Å². The number of nitrogen functional groups attached to an aromatic ring is 1. The van der Waals surface area contributed by atoms with Gasteiger partial charge in [0.25, 0.3) is 0 Å². The van der Waals surface area contributed by atoms with Crippen LogP contribution in [-0.2, 0) is 0 Å². The SMILES string of the molecule is Cc1cc(OCCN)c(C)cc1N. The molecular weight excluding hydrogens is 164 g/mol. The quantitative estimate of drug-likeness (QED) is 0.687. The summed E-state index contributed by atoms with van der Waals surface area (Å²) < 4.78 is 5.44. The van der Waals surface area contributed by atoms with E-state index in [0.717, 1.165) is 22.6 Å². The van der Waals surface area contributed by atoms with E-state index in [0.29, 0.717) is 13.2 Å². The van der Waals surface area contributed by atoms with Crippen molar-refractivity contribution in [1.82, 2.24) is 0 Å². The number of hydrogen-bond acceptors (Lipinski definition) is 3. The van der Waals surface area contributed by atoms with E-state index >= 15 is 0 Å². The highest BCUT2D eigenvalue weighted by molar-refractivity contribution is 5.53. The van der Waals surface area contributed by atoms with Crippen molar-refractivity contribution in [2.24, 2.45) is 5.73 Å². The molecule has 0 aromatic heterocycles. The second-order valence-corrected chi connectivity index (χ2v) is 3.11. The monoisotopic (exact) mass is 180 g/mol. The molecule has 0 unspecified atom stereocenters. The highest BCUT2D eigenvalue weighted by Crippen LogP contribution is 2.23. The van der Waals surface area contributed by atoms with Gasteiger partial charge in [-0.2, -0.15) is 0 Å². The van der Waals surface area contributed by atoms with Crippen molar-refractivity contribution in [3.63, 3.8) is 0 Å². The van der Waals surface area contributed by atoms with Crippen LogP contribution < -0.4 is 16.2 Å². The summed E-state index contributed by atoms with van der Waals surface area (Å²) in [6.45, 7) is 5.01. The second kappa shape index (κ2) is 4.14. The van der Waals surface area contributed by atoms with Crippen LogP contribution in [0.2, 0.25) is 0 Å². The molecule has 0 fully saturated rings. The van der Waals surface area contributed by atoms with Crippen molar-refractivity contribution < 1.29 is 4.74 Å². The number of hydrogen-bond donors (Lipinski definition) is 2. The van der Waals surface area contributed by atoms with E-state index < -0.39 is 0 Å². The maximum atomic E-state index is 5.74. The molecule has 1 rings (SSSR count). The molecular formula is C10H16N2O. The molecule has 4 N–H and O–H groups in total. The Kier molecular flexibility index (Phi) is 3.14. The Labute approximate surface area is 78.7 Å². The number of rotatable bonds is 3. The maximum absolute atomic E-state index is 5.74. The first-order valence-corrected chi connectivity index (χ1v) is 4.34. The van der Waals surface area contributed by atoms with Crippen molar-refractivity contribution in [1.29, 1.82) is 0 Å². The number of benzene rings is 1. The summed E-state index contributed by atoms with van der Waals surface area (Å²) in [5.41, 5.74) is 14.0. The predicted octanol–water partition coefficient (Wildman–Crippen LogP) is 1.22. The summed E-state index contributed by atoms with van der Waals surface area (Å²) in [5.74, 6) is 0.872. The van der Waals surface area contributed by atoms with Gasteiger partial charge in [0.15, 0.2) is 0 Å². The molecule has 3 heteroatoms. The van der Waals surface area contributed by atoms with E-state index in [-0.39, 0.29) is 0 Å². The van der Waals surface area contributed by atoms with Crippen LogP contribution in [0.1, 0.15) is 11.1 Å². The van der Waals surface area contributed by atoms with Gasteiger partial charge in [0.1, 0.15) is 12.4 Å². The summed E-state index contributed by atoms with van der Waals surface area (Å²) in [4.78, 5) is 0. The van der Waals surface area contributed by atoms with Crippen molar-refractivity contribution in [3.8, 4) is 5.75 Å². The van der Waals surface area contributed by atoms with Crippen LogP contribution in [0.5, 0.6) is 5.75 Å². The van der Waals surface area contributed by atoms with Crippen molar-refractivity contribution in [2.75, 3.05) is 18.9 Å². The third-order valence-corrected chi connectivity index (χ3v) is 1.94. The van der Waals surface area contributed by atoms with E-state index in [2.05, 4.69) is 0 Å².